The highest BCUT2D eigenvalue weighted by Crippen LogP contribution is 2.01. The van der Waals surface area contributed by atoms with Crippen LogP contribution >= 0.6 is 11.8 Å². The van der Waals surface area contributed by atoms with Crippen LogP contribution < -0.4 is 10.6 Å². The molecule has 0 saturated carbocycles. The topological polar surface area (TPSA) is 98.7 Å². The SMILES string of the molecule is CCCNC(=O)CN(C)C(=O)NC(CCSC)C(=O)O. The van der Waals surface area contributed by atoms with Crippen molar-refractivity contribution in [1.29, 1.82) is 0 Å². The maximum atomic E-state index is 11.8. The van der Waals surface area contributed by atoms with Gasteiger partial charge in [-0.1, -0.05) is 6.92 Å². The first kappa shape index (κ1) is 18.6. The van der Waals surface area contributed by atoms with Crippen molar-refractivity contribution >= 4 is 29.7 Å². The lowest BCUT2D eigenvalue weighted by Gasteiger charge is -2.20. The van der Waals surface area contributed by atoms with Crippen molar-refractivity contribution < 1.29 is 19.5 Å². The van der Waals surface area contributed by atoms with Crippen molar-refractivity contribution in [3.8, 4) is 0 Å². The second kappa shape index (κ2) is 10.4. The van der Waals surface area contributed by atoms with Crippen LogP contribution in [0.3, 0.4) is 0 Å². The van der Waals surface area contributed by atoms with Gasteiger partial charge in [0.05, 0.1) is 0 Å². The molecule has 0 aromatic carbocycles. The molecule has 0 bridgehead atoms. The molecule has 0 heterocycles. The fourth-order valence-corrected chi connectivity index (χ4v) is 1.83. The summed E-state index contributed by atoms with van der Waals surface area (Å²) in [6, 6.07) is -1.50. The van der Waals surface area contributed by atoms with Crippen molar-refractivity contribution in [1.82, 2.24) is 15.5 Å². The van der Waals surface area contributed by atoms with Gasteiger partial charge >= 0.3 is 12.0 Å². The molecule has 0 saturated heterocycles. The number of rotatable bonds is 9. The number of likely N-dealkylation sites (N-methyl/N-ethyl adjacent to an activating group) is 1. The smallest absolute Gasteiger partial charge is 0.326 e. The summed E-state index contributed by atoms with van der Waals surface area (Å²) >= 11 is 1.51. The second-order valence-electron chi connectivity index (χ2n) is 4.33. The van der Waals surface area contributed by atoms with E-state index in [9.17, 15) is 14.4 Å². The van der Waals surface area contributed by atoms with Gasteiger partial charge in [-0.3, -0.25) is 4.79 Å². The number of amides is 3. The number of urea groups is 1. The molecular formula is C12H23N3O4S. The molecule has 0 aromatic heterocycles. The number of nitrogens with one attached hydrogen (secondary N) is 2. The monoisotopic (exact) mass is 305 g/mol. The fraction of sp³-hybridized carbons (Fsp3) is 0.750. The number of carbonyl (C=O) groups excluding carboxylic acids is 2. The summed E-state index contributed by atoms with van der Waals surface area (Å²) in [5, 5.41) is 14.1. The Balaban J connectivity index is 4.27. The number of aliphatic carboxylic acids is 1. The summed E-state index contributed by atoms with van der Waals surface area (Å²) in [5.41, 5.74) is 0. The predicted octanol–water partition coefficient (Wildman–Crippen LogP) is 0.360. The van der Waals surface area contributed by atoms with Crippen LogP contribution in [-0.2, 0) is 9.59 Å². The van der Waals surface area contributed by atoms with E-state index in [1.165, 1.54) is 23.7 Å². The fourth-order valence-electron chi connectivity index (χ4n) is 1.36. The molecule has 0 aliphatic heterocycles. The summed E-state index contributed by atoms with van der Waals surface area (Å²) in [4.78, 5) is 35.4. The van der Waals surface area contributed by atoms with Crippen LogP contribution in [0.5, 0.6) is 0 Å². The van der Waals surface area contributed by atoms with Crippen molar-refractivity contribution in [2.24, 2.45) is 0 Å². The van der Waals surface area contributed by atoms with Gasteiger partial charge in [-0.05, 0) is 24.9 Å². The average molecular weight is 305 g/mol. The summed E-state index contributed by atoms with van der Waals surface area (Å²) in [5.74, 6) is -0.700. The minimum Gasteiger partial charge on any atom is -0.480 e. The summed E-state index contributed by atoms with van der Waals surface area (Å²) in [6.07, 6.45) is 3.03. The molecule has 0 aliphatic carbocycles. The Bertz CT molecular complexity index is 339. The molecule has 1 unspecified atom stereocenters. The number of carbonyl (C=O) groups is 3. The zero-order valence-corrected chi connectivity index (χ0v) is 13.0. The van der Waals surface area contributed by atoms with E-state index in [0.717, 1.165) is 6.42 Å². The summed E-state index contributed by atoms with van der Waals surface area (Å²) in [7, 11) is 1.45. The Morgan fingerprint density at radius 3 is 2.50 bits per heavy atom. The van der Waals surface area contributed by atoms with E-state index in [2.05, 4.69) is 10.6 Å². The van der Waals surface area contributed by atoms with E-state index in [0.29, 0.717) is 18.7 Å². The lowest BCUT2D eigenvalue weighted by molar-refractivity contribution is -0.139. The molecule has 20 heavy (non-hydrogen) atoms. The van der Waals surface area contributed by atoms with Crippen LogP contribution in [0.4, 0.5) is 4.79 Å². The van der Waals surface area contributed by atoms with Gasteiger partial charge in [0.1, 0.15) is 12.6 Å². The number of nitrogens with zero attached hydrogens (tertiary/aromatic N) is 1. The quantitative estimate of drug-likeness (QED) is 0.571. The van der Waals surface area contributed by atoms with Gasteiger partial charge in [0.15, 0.2) is 0 Å². The lowest BCUT2D eigenvalue weighted by atomic mass is 10.2. The number of hydrogen-bond acceptors (Lipinski definition) is 4. The second-order valence-corrected chi connectivity index (χ2v) is 5.31. The molecule has 7 nitrogen and oxygen atoms in total. The maximum absolute atomic E-state index is 11.8. The third-order valence-corrected chi connectivity index (χ3v) is 3.15. The highest BCUT2D eigenvalue weighted by Gasteiger charge is 2.22. The van der Waals surface area contributed by atoms with E-state index in [4.69, 9.17) is 5.11 Å². The van der Waals surface area contributed by atoms with Crippen molar-refractivity contribution in [2.45, 2.75) is 25.8 Å². The standard InChI is InChI=1S/C12H23N3O4S/c1-4-6-13-10(16)8-15(2)12(19)14-9(11(17)18)5-7-20-3/h9H,4-8H2,1-3H3,(H,13,16)(H,14,19)(H,17,18). The average Bonchev–Trinajstić information content (AvgIpc) is 2.40. The van der Waals surface area contributed by atoms with E-state index in [-0.39, 0.29) is 12.5 Å². The first-order chi connectivity index (χ1) is 9.42. The molecule has 0 aliphatic rings. The third kappa shape index (κ3) is 7.88. The molecule has 0 fully saturated rings. The molecule has 1 atom stereocenters. The van der Waals surface area contributed by atoms with Gasteiger partial charge in [0.2, 0.25) is 5.91 Å². The molecule has 3 N–H and O–H groups in total. The molecule has 116 valence electrons. The van der Waals surface area contributed by atoms with Crippen LogP contribution in [0.25, 0.3) is 0 Å². The predicted molar refractivity (Wildman–Crippen MR) is 78.9 cm³/mol. The van der Waals surface area contributed by atoms with Crippen molar-refractivity contribution in [2.75, 3.05) is 32.1 Å². The number of carboxylic acid groups (broad SMARTS) is 1. The van der Waals surface area contributed by atoms with E-state index >= 15 is 0 Å². The van der Waals surface area contributed by atoms with E-state index < -0.39 is 18.0 Å². The summed E-state index contributed by atoms with van der Waals surface area (Å²) in [6.45, 7) is 2.39. The van der Waals surface area contributed by atoms with Gasteiger partial charge in [-0.25, -0.2) is 9.59 Å². The minimum atomic E-state index is -1.07. The van der Waals surface area contributed by atoms with Crippen molar-refractivity contribution in [3.05, 3.63) is 0 Å². The Hall–Kier alpha value is -1.44. The maximum Gasteiger partial charge on any atom is 0.326 e. The Morgan fingerprint density at radius 2 is 2.00 bits per heavy atom. The van der Waals surface area contributed by atoms with Crippen LogP contribution in [0, 0.1) is 0 Å². The molecule has 0 radical (unpaired) electrons. The van der Waals surface area contributed by atoms with Gasteiger partial charge in [-0.15, -0.1) is 0 Å². The number of carboxylic acids is 1. The summed E-state index contributed by atoms with van der Waals surface area (Å²) < 4.78 is 0. The highest BCUT2D eigenvalue weighted by molar-refractivity contribution is 7.98. The number of hydrogen-bond donors (Lipinski definition) is 3. The number of thioether (sulfide) groups is 1. The molecule has 8 heteroatoms. The first-order valence-corrected chi connectivity index (χ1v) is 7.81. The minimum absolute atomic E-state index is 0.0965. The van der Waals surface area contributed by atoms with Crippen LogP contribution in [0.1, 0.15) is 19.8 Å². The van der Waals surface area contributed by atoms with Gasteiger partial charge in [0, 0.05) is 13.6 Å². The Kier molecular flexibility index (Phi) is 9.61. The largest absolute Gasteiger partial charge is 0.480 e. The van der Waals surface area contributed by atoms with E-state index in [1.54, 1.807) is 0 Å². The Labute approximate surface area is 123 Å². The third-order valence-electron chi connectivity index (χ3n) is 2.51. The molecule has 3 amide bonds. The Morgan fingerprint density at radius 1 is 1.35 bits per heavy atom. The first-order valence-electron chi connectivity index (χ1n) is 6.42. The molecule has 0 aromatic rings. The van der Waals surface area contributed by atoms with E-state index in [1.807, 2.05) is 13.2 Å². The molecule has 0 rings (SSSR count). The normalized spacial score (nSPS) is 11.6. The van der Waals surface area contributed by atoms with Crippen LogP contribution in [-0.4, -0.2) is 66.1 Å². The van der Waals surface area contributed by atoms with Crippen LogP contribution in [0.15, 0.2) is 0 Å². The van der Waals surface area contributed by atoms with Crippen LogP contribution in [0.2, 0.25) is 0 Å². The van der Waals surface area contributed by atoms with Gasteiger partial charge in [0.25, 0.3) is 0 Å². The highest BCUT2D eigenvalue weighted by atomic mass is 32.2. The van der Waals surface area contributed by atoms with Gasteiger partial charge in [-0.2, -0.15) is 11.8 Å². The molecular weight excluding hydrogens is 282 g/mol. The zero-order chi connectivity index (χ0) is 15.5. The van der Waals surface area contributed by atoms with Gasteiger partial charge < -0.3 is 20.6 Å². The molecule has 0 spiro atoms. The van der Waals surface area contributed by atoms with Crippen molar-refractivity contribution in [3.63, 3.8) is 0 Å². The zero-order valence-electron chi connectivity index (χ0n) is 12.1. The lowest BCUT2D eigenvalue weighted by Crippen LogP contribution is -2.49.